The van der Waals surface area contributed by atoms with Crippen molar-refractivity contribution in [3.05, 3.63) is 35.4 Å². The van der Waals surface area contributed by atoms with Gasteiger partial charge in [0.2, 0.25) is 0 Å². The second kappa shape index (κ2) is 6.02. The second-order valence-electron chi connectivity index (χ2n) is 3.42. The molecule has 14 heavy (non-hydrogen) atoms. The highest BCUT2D eigenvalue weighted by Crippen LogP contribution is 2.17. The normalized spacial score (nSPS) is 14.3. The van der Waals surface area contributed by atoms with Gasteiger partial charge in [-0.05, 0) is 18.9 Å². The van der Waals surface area contributed by atoms with Gasteiger partial charge in [0.25, 0.3) is 0 Å². The Bertz CT molecular complexity index is 278. The van der Waals surface area contributed by atoms with E-state index in [2.05, 4.69) is 0 Å². The largest absolute Gasteiger partial charge is 0.391 e. The molecular formula is C11H18ClNO. The summed E-state index contributed by atoms with van der Waals surface area (Å²) in [5, 5.41) is 9.55. The summed E-state index contributed by atoms with van der Waals surface area (Å²) < 4.78 is 0. The number of hydrogen-bond donors (Lipinski definition) is 2. The molecule has 2 nitrogen and oxygen atoms in total. The zero-order valence-electron chi connectivity index (χ0n) is 8.60. The fourth-order valence-corrected chi connectivity index (χ4v) is 1.35. The zero-order valence-corrected chi connectivity index (χ0v) is 9.42. The van der Waals surface area contributed by atoms with Crippen LogP contribution in [-0.4, -0.2) is 11.2 Å². The summed E-state index contributed by atoms with van der Waals surface area (Å²) in [5.74, 6) is 0. The number of aryl methyl sites for hydroxylation is 1. The third kappa shape index (κ3) is 3.29. The molecule has 0 bridgehead atoms. The van der Waals surface area contributed by atoms with Crippen LogP contribution >= 0.6 is 12.4 Å². The van der Waals surface area contributed by atoms with Crippen LogP contribution < -0.4 is 5.73 Å². The summed E-state index contributed by atoms with van der Waals surface area (Å²) in [6.07, 6.45) is 0.247. The molecule has 0 saturated heterocycles. The maximum atomic E-state index is 9.55. The van der Waals surface area contributed by atoms with Gasteiger partial charge in [0, 0.05) is 0 Å². The molecule has 0 unspecified atom stereocenters. The van der Waals surface area contributed by atoms with Crippen LogP contribution in [-0.2, 0) is 0 Å². The highest BCUT2D eigenvalue weighted by atomic mass is 35.5. The van der Waals surface area contributed by atoms with Gasteiger partial charge in [0.05, 0.1) is 12.1 Å². The van der Waals surface area contributed by atoms with Crippen molar-refractivity contribution in [1.82, 2.24) is 0 Å². The van der Waals surface area contributed by atoms with Gasteiger partial charge >= 0.3 is 0 Å². The topological polar surface area (TPSA) is 46.2 Å². The Balaban J connectivity index is 0.00000169. The molecule has 3 N–H and O–H groups in total. The quantitative estimate of drug-likeness (QED) is 0.812. The molecule has 0 aliphatic rings. The van der Waals surface area contributed by atoms with Gasteiger partial charge < -0.3 is 10.8 Å². The first-order valence-corrected chi connectivity index (χ1v) is 4.65. The Morgan fingerprint density at radius 1 is 1.43 bits per heavy atom. The molecule has 0 radical (unpaired) electrons. The standard InChI is InChI=1S/C11H17NO.ClH/c1-3-10(13)11(12)9-6-4-5-8(2)7-9;/h4-7,10-11,13H,3,12H2,1-2H3;1H/t10-,11+;/m1./s1. The molecule has 80 valence electrons. The summed E-state index contributed by atoms with van der Waals surface area (Å²) in [5.41, 5.74) is 8.05. The molecular weight excluding hydrogens is 198 g/mol. The van der Waals surface area contributed by atoms with Crippen molar-refractivity contribution >= 4 is 12.4 Å². The van der Waals surface area contributed by atoms with Crippen LogP contribution in [0.4, 0.5) is 0 Å². The van der Waals surface area contributed by atoms with Gasteiger partial charge in [0.15, 0.2) is 0 Å². The van der Waals surface area contributed by atoms with Crippen molar-refractivity contribution < 1.29 is 5.11 Å². The van der Waals surface area contributed by atoms with E-state index in [1.807, 2.05) is 38.1 Å². The fourth-order valence-electron chi connectivity index (χ4n) is 1.35. The molecule has 0 aliphatic heterocycles. The lowest BCUT2D eigenvalue weighted by atomic mass is 9.99. The Labute approximate surface area is 91.5 Å². The number of nitrogens with two attached hydrogens (primary N) is 1. The van der Waals surface area contributed by atoms with E-state index in [-0.39, 0.29) is 18.4 Å². The second-order valence-corrected chi connectivity index (χ2v) is 3.42. The number of hydrogen-bond acceptors (Lipinski definition) is 2. The van der Waals surface area contributed by atoms with E-state index in [0.717, 1.165) is 5.56 Å². The number of benzene rings is 1. The summed E-state index contributed by atoms with van der Waals surface area (Å²) in [4.78, 5) is 0. The molecule has 1 rings (SSSR count). The molecule has 0 fully saturated rings. The Kier molecular flexibility index (Phi) is 5.77. The van der Waals surface area contributed by atoms with Gasteiger partial charge in [0.1, 0.15) is 0 Å². The predicted octanol–water partition coefficient (Wildman–Crippen LogP) is 2.19. The van der Waals surface area contributed by atoms with Gasteiger partial charge in [-0.3, -0.25) is 0 Å². The van der Waals surface area contributed by atoms with Crippen molar-refractivity contribution in [2.45, 2.75) is 32.4 Å². The van der Waals surface area contributed by atoms with Crippen LogP contribution in [0.5, 0.6) is 0 Å². The minimum Gasteiger partial charge on any atom is -0.391 e. The molecule has 3 heteroatoms. The first-order valence-electron chi connectivity index (χ1n) is 4.65. The summed E-state index contributed by atoms with van der Waals surface area (Å²) >= 11 is 0. The van der Waals surface area contributed by atoms with E-state index < -0.39 is 6.10 Å². The number of aliphatic hydroxyl groups excluding tert-OH is 1. The summed E-state index contributed by atoms with van der Waals surface area (Å²) in [6, 6.07) is 7.70. The van der Waals surface area contributed by atoms with Crippen molar-refractivity contribution in [2.75, 3.05) is 0 Å². The maximum Gasteiger partial charge on any atom is 0.0730 e. The van der Waals surface area contributed by atoms with E-state index in [0.29, 0.717) is 6.42 Å². The first kappa shape index (κ1) is 13.4. The highest BCUT2D eigenvalue weighted by molar-refractivity contribution is 5.85. The van der Waals surface area contributed by atoms with Crippen LogP contribution in [0, 0.1) is 6.92 Å². The van der Waals surface area contributed by atoms with Gasteiger partial charge in [-0.1, -0.05) is 36.8 Å². The number of aliphatic hydroxyl groups is 1. The molecule has 0 aliphatic carbocycles. The average Bonchev–Trinajstić information content (AvgIpc) is 2.15. The van der Waals surface area contributed by atoms with Crippen molar-refractivity contribution in [2.24, 2.45) is 5.73 Å². The SMILES string of the molecule is CC[C@@H](O)[C@@H](N)c1cccc(C)c1.Cl. The smallest absolute Gasteiger partial charge is 0.0730 e. The lowest BCUT2D eigenvalue weighted by molar-refractivity contribution is 0.140. The van der Waals surface area contributed by atoms with E-state index in [4.69, 9.17) is 5.73 Å². The van der Waals surface area contributed by atoms with Gasteiger partial charge in [-0.2, -0.15) is 0 Å². The van der Waals surface area contributed by atoms with E-state index in [1.54, 1.807) is 0 Å². The van der Waals surface area contributed by atoms with Crippen molar-refractivity contribution in [1.29, 1.82) is 0 Å². The van der Waals surface area contributed by atoms with Crippen LogP contribution in [0.15, 0.2) is 24.3 Å². The predicted molar refractivity (Wildman–Crippen MR) is 61.7 cm³/mol. The van der Waals surface area contributed by atoms with Crippen LogP contribution in [0.2, 0.25) is 0 Å². The van der Waals surface area contributed by atoms with E-state index in [9.17, 15) is 5.11 Å². The summed E-state index contributed by atoms with van der Waals surface area (Å²) in [6.45, 7) is 3.95. The maximum absolute atomic E-state index is 9.55. The van der Waals surface area contributed by atoms with Crippen LogP contribution in [0.25, 0.3) is 0 Å². The molecule has 2 atom stereocenters. The Morgan fingerprint density at radius 3 is 2.57 bits per heavy atom. The molecule has 0 heterocycles. The zero-order chi connectivity index (χ0) is 9.84. The minimum absolute atomic E-state index is 0. The highest BCUT2D eigenvalue weighted by Gasteiger charge is 2.14. The molecule has 1 aromatic carbocycles. The molecule has 0 saturated carbocycles. The molecule has 0 spiro atoms. The van der Waals surface area contributed by atoms with Crippen molar-refractivity contribution in [3.63, 3.8) is 0 Å². The van der Waals surface area contributed by atoms with Crippen LogP contribution in [0.1, 0.15) is 30.5 Å². The van der Waals surface area contributed by atoms with Crippen LogP contribution in [0.3, 0.4) is 0 Å². The fraction of sp³-hybridized carbons (Fsp3) is 0.455. The Hall–Kier alpha value is -0.570. The van der Waals surface area contributed by atoms with E-state index in [1.165, 1.54) is 5.56 Å². The molecule has 0 amide bonds. The van der Waals surface area contributed by atoms with Crippen molar-refractivity contribution in [3.8, 4) is 0 Å². The summed E-state index contributed by atoms with van der Waals surface area (Å²) in [7, 11) is 0. The van der Waals surface area contributed by atoms with Gasteiger partial charge in [-0.25, -0.2) is 0 Å². The third-order valence-electron chi connectivity index (χ3n) is 2.26. The number of rotatable bonds is 3. The monoisotopic (exact) mass is 215 g/mol. The third-order valence-corrected chi connectivity index (χ3v) is 2.26. The average molecular weight is 216 g/mol. The molecule has 1 aromatic rings. The number of halogens is 1. The van der Waals surface area contributed by atoms with E-state index >= 15 is 0 Å². The lowest BCUT2D eigenvalue weighted by Gasteiger charge is -2.17. The molecule has 0 aromatic heterocycles. The first-order chi connectivity index (χ1) is 6.15. The van der Waals surface area contributed by atoms with Gasteiger partial charge in [-0.15, -0.1) is 12.4 Å². The lowest BCUT2D eigenvalue weighted by Crippen LogP contribution is -2.25. The minimum atomic E-state index is -0.443. The Morgan fingerprint density at radius 2 is 2.07 bits per heavy atom.